The predicted molar refractivity (Wildman–Crippen MR) is 112 cm³/mol. The number of carboxylic acids is 1. The molecule has 0 saturated heterocycles. The molecule has 1 heterocycles. The van der Waals surface area contributed by atoms with E-state index < -0.39 is 29.6 Å². The molecular formula is C23H23NO6. The summed E-state index contributed by atoms with van der Waals surface area (Å²) in [6.45, 7) is 4.94. The van der Waals surface area contributed by atoms with Crippen molar-refractivity contribution < 1.29 is 23.8 Å². The Hall–Kier alpha value is -3.61. The van der Waals surface area contributed by atoms with Gasteiger partial charge in [0.25, 0.3) is 5.91 Å². The molecule has 0 saturated carbocycles. The van der Waals surface area contributed by atoms with Gasteiger partial charge in [0, 0.05) is 17.5 Å². The Morgan fingerprint density at radius 3 is 2.37 bits per heavy atom. The van der Waals surface area contributed by atoms with Gasteiger partial charge in [0.15, 0.2) is 6.10 Å². The summed E-state index contributed by atoms with van der Waals surface area (Å²) in [6.07, 6.45) is -0.938. The second kappa shape index (κ2) is 8.82. The van der Waals surface area contributed by atoms with Crippen molar-refractivity contribution in [3.63, 3.8) is 0 Å². The van der Waals surface area contributed by atoms with E-state index in [4.69, 9.17) is 9.15 Å². The molecule has 0 bridgehead atoms. The molecule has 3 rings (SSSR count). The van der Waals surface area contributed by atoms with E-state index in [0.29, 0.717) is 11.3 Å². The molecular weight excluding hydrogens is 386 g/mol. The van der Waals surface area contributed by atoms with Gasteiger partial charge in [-0.15, -0.1) is 0 Å². The lowest BCUT2D eigenvalue weighted by molar-refractivity contribution is -0.144. The highest BCUT2D eigenvalue weighted by molar-refractivity contribution is 5.94. The quantitative estimate of drug-likeness (QED) is 0.579. The fourth-order valence-electron chi connectivity index (χ4n) is 3.11. The molecule has 0 aliphatic rings. The second-order valence-electron chi connectivity index (χ2n) is 7.33. The number of hydrogen-bond acceptors (Lipinski definition) is 5. The van der Waals surface area contributed by atoms with Crippen LogP contribution in [0.5, 0.6) is 5.75 Å². The molecule has 7 nitrogen and oxygen atoms in total. The van der Waals surface area contributed by atoms with E-state index in [0.717, 1.165) is 16.5 Å². The number of ether oxygens (including phenoxy) is 1. The zero-order chi connectivity index (χ0) is 21.8. The van der Waals surface area contributed by atoms with E-state index in [1.165, 1.54) is 13.0 Å². The SMILES string of the molecule is CC(C)[C@H](NC(=O)[C@H](C)Oc1ccc2c(-c3ccccc3)cc(=O)oc2c1)C(=O)O. The zero-order valence-corrected chi connectivity index (χ0v) is 16.9. The number of benzene rings is 2. The number of aliphatic carboxylic acids is 1. The molecule has 0 spiro atoms. The van der Waals surface area contributed by atoms with Crippen LogP contribution in [0, 0.1) is 5.92 Å². The van der Waals surface area contributed by atoms with Crippen LogP contribution in [0.2, 0.25) is 0 Å². The van der Waals surface area contributed by atoms with Gasteiger partial charge in [-0.25, -0.2) is 9.59 Å². The summed E-state index contributed by atoms with van der Waals surface area (Å²) < 4.78 is 11.0. The smallest absolute Gasteiger partial charge is 0.336 e. The number of fused-ring (bicyclic) bond motifs is 1. The van der Waals surface area contributed by atoms with Crippen LogP contribution < -0.4 is 15.7 Å². The van der Waals surface area contributed by atoms with Gasteiger partial charge in [-0.1, -0.05) is 44.2 Å². The number of nitrogens with one attached hydrogen (secondary N) is 1. The largest absolute Gasteiger partial charge is 0.481 e. The van der Waals surface area contributed by atoms with Crippen molar-refractivity contribution in [2.45, 2.75) is 32.9 Å². The summed E-state index contributed by atoms with van der Waals surface area (Å²) in [5, 5.41) is 12.4. The van der Waals surface area contributed by atoms with Gasteiger partial charge >= 0.3 is 11.6 Å². The van der Waals surface area contributed by atoms with Crippen molar-refractivity contribution in [3.05, 3.63) is 65.0 Å². The van der Waals surface area contributed by atoms with Gasteiger partial charge in [-0.05, 0) is 36.1 Å². The Labute approximate surface area is 173 Å². The van der Waals surface area contributed by atoms with Crippen molar-refractivity contribution in [1.29, 1.82) is 0 Å². The minimum atomic E-state index is -1.11. The third kappa shape index (κ3) is 4.68. The van der Waals surface area contributed by atoms with Crippen LogP contribution in [0.3, 0.4) is 0 Å². The van der Waals surface area contributed by atoms with Crippen LogP contribution in [0.4, 0.5) is 0 Å². The molecule has 1 amide bonds. The number of hydrogen-bond donors (Lipinski definition) is 2. The first kappa shape index (κ1) is 21.1. The molecule has 2 N–H and O–H groups in total. The van der Waals surface area contributed by atoms with Gasteiger partial charge in [-0.3, -0.25) is 4.79 Å². The standard InChI is InChI=1S/C23H23NO6/c1-13(2)21(23(27)28)24-22(26)14(3)29-16-9-10-17-18(15-7-5-4-6-8-15)12-20(25)30-19(17)11-16/h4-14,21H,1-3H3,(H,24,26)(H,27,28)/t14-,21-/m0/s1. The van der Waals surface area contributed by atoms with Gasteiger partial charge in [0.2, 0.25) is 0 Å². The van der Waals surface area contributed by atoms with Crippen molar-refractivity contribution >= 4 is 22.8 Å². The minimum absolute atomic E-state index is 0.273. The molecule has 0 radical (unpaired) electrons. The molecule has 0 unspecified atom stereocenters. The molecule has 30 heavy (non-hydrogen) atoms. The number of carbonyl (C=O) groups excluding carboxylic acids is 1. The number of amides is 1. The average Bonchev–Trinajstić information content (AvgIpc) is 2.71. The van der Waals surface area contributed by atoms with Crippen LogP contribution in [0.1, 0.15) is 20.8 Å². The third-order valence-electron chi connectivity index (χ3n) is 4.71. The molecule has 7 heteroatoms. The van der Waals surface area contributed by atoms with E-state index in [-0.39, 0.29) is 5.92 Å². The Bertz CT molecular complexity index is 1120. The van der Waals surface area contributed by atoms with Crippen molar-refractivity contribution in [2.24, 2.45) is 5.92 Å². The van der Waals surface area contributed by atoms with Gasteiger partial charge < -0.3 is 19.6 Å². The topological polar surface area (TPSA) is 106 Å². The Kier molecular flexibility index (Phi) is 6.20. The molecule has 1 aromatic heterocycles. The molecule has 0 aliphatic carbocycles. The lowest BCUT2D eigenvalue weighted by Gasteiger charge is -2.21. The summed E-state index contributed by atoms with van der Waals surface area (Å²) in [6, 6.07) is 14.9. The summed E-state index contributed by atoms with van der Waals surface area (Å²) in [5.41, 5.74) is 1.45. The maximum atomic E-state index is 12.4. The highest BCUT2D eigenvalue weighted by Gasteiger charge is 2.26. The summed E-state index contributed by atoms with van der Waals surface area (Å²) in [7, 11) is 0. The van der Waals surface area contributed by atoms with Crippen LogP contribution >= 0.6 is 0 Å². The first-order chi connectivity index (χ1) is 14.3. The first-order valence-corrected chi connectivity index (χ1v) is 9.59. The van der Waals surface area contributed by atoms with E-state index in [2.05, 4.69) is 5.32 Å². The third-order valence-corrected chi connectivity index (χ3v) is 4.71. The van der Waals surface area contributed by atoms with Crippen molar-refractivity contribution in [1.82, 2.24) is 5.32 Å². The van der Waals surface area contributed by atoms with E-state index in [1.54, 1.807) is 32.0 Å². The molecule has 156 valence electrons. The normalized spacial score (nSPS) is 13.1. The Morgan fingerprint density at radius 1 is 1.03 bits per heavy atom. The van der Waals surface area contributed by atoms with E-state index in [9.17, 15) is 19.5 Å². The highest BCUT2D eigenvalue weighted by Crippen LogP contribution is 2.29. The Balaban J connectivity index is 1.85. The maximum absolute atomic E-state index is 12.4. The molecule has 2 aromatic carbocycles. The summed E-state index contributed by atoms with van der Waals surface area (Å²) >= 11 is 0. The number of rotatable bonds is 7. The zero-order valence-electron chi connectivity index (χ0n) is 16.9. The van der Waals surface area contributed by atoms with E-state index >= 15 is 0 Å². The summed E-state index contributed by atoms with van der Waals surface area (Å²) in [4.78, 5) is 35.7. The monoisotopic (exact) mass is 409 g/mol. The second-order valence-corrected chi connectivity index (χ2v) is 7.33. The lowest BCUT2D eigenvalue weighted by Crippen LogP contribution is -2.48. The van der Waals surface area contributed by atoms with Crippen LogP contribution in [-0.2, 0) is 9.59 Å². The van der Waals surface area contributed by atoms with Crippen LogP contribution in [0.25, 0.3) is 22.1 Å². The Morgan fingerprint density at radius 2 is 1.73 bits per heavy atom. The fourth-order valence-corrected chi connectivity index (χ4v) is 3.11. The molecule has 0 aliphatic heterocycles. The predicted octanol–water partition coefficient (Wildman–Crippen LogP) is 3.45. The maximum Gasteiger partial charge on any atom is 0.336 e. The van der Waals surface area contributed by atoms with Gasteiger partial charge in [0.05, 0.1) is 0 Å². The van der Waals surface area contributed by atoms with Gasteiger partial charge in [0.1, 0.15) is 17.4 Å². The van der Waals surface area contributed by atoms with Crippen molar-refractivity contribution in [2.75, 3.05) is 0 Å². The van der Waals surface area contributed by atoms with Crippen LogP contribution in [-0.4, -0.2) is 29.1 Å². The highest BCUT2D eigenvalue weighted by atomic mass is 16.5. The molecule has 2 atom stereocenters. The minimum Gasteiger partial charge on any atom is -0.481 e. The lowest BCUT2D eigenvalue weighted by atomic mass is 10.0. The molecule has 0 fully saturated rings. The number of carboxylic acid groups (broad SMARTS) is 1. The fraction of sp³-hybridized carbons (Fsp3) is 0.261. The summed E-state index contributed by atoms with van der Waals surface area (Å²) in [5.74, 6) is -1.60. The van der Waals surface area contributed by atoms with Crippen molar-refractivity contribution in [3.8, 4) is 16.9 Å². The van der Waals surface area contributed by atoms with E-state index in [1.807, 2.05) is 30.3 Å². The average molecular weight is 409 g/mol. The molecule has 3 aromatic rings. The van der Waals surface area contributed by atoms with Crippen LogP contribution in [0.15, 0.2) is 63.8 Å². The first-order valence-electron chi connectivity index (χ1n) is 9.59. The number of carbonyl (C=O) groups is 2. The van der Waals surface area contributed by atoms with Gasteiger partial charge in [-0.2, -0.15) is 0 Å².